The van der Waals surface area contributed by atoms with E-state index in [0.717, 1.165) is 38.8 Å². The fraction of sp³-hybridized carbons (Fsp3) is 0.375. The van der Waals surface area contributed by atoms with Crippen LogP contribution in [-0.2, 0) is 4.79 Å². The van der Waals surface area contributed by atoms with Crippen molar-refractivity contribution in [3.63, 3.8) is 0 Å². The Morgan fingerprint density at radius 3 is 1.85 bits per heavy atom. The first-order valence-corrected chi connectivity index (χ1v) is 9.85. The Balaban J connectivity index is 1.88. The molecule has 0 bridgehead atoms. The molecule has 138 valence electrons. The van der Waals surface area contributed by atoms with E-state index in [-0.39, 0.29) is 0 Å². The first kappa shape index (κ1) is 20.0. The molecule has 0 atom stereocenters. The number of hydrogen-bond acceptors (Lipinski definition) is 1. The van der Waals surface area contributed by atoms with Crippen molar-refractivity contribution in [2.75, 3.05) is 13.1 Å². The zero-order chi connectivity index (χ0) is 18.6. The fourth-order valence-electron chi connectivity index (χ4n) is 3.22. The monoisotopic (exact) mass is 349 g/mol. The van der Waals surface area contributed by atoms with E-state index in [4.69, 9.17) is 0 Å². The Kier molecular flexibility index (Phi) is 8.68. The van der Waals surface area contributed by atoms with E-state index in [9.17, 15) is 4.79 Å². The van der Waals surface area contributed by atoms with Gasteiger partial charge in [0.1, 0.15) is 0 Å². The van der Waals surface area contributed by atoms with Crippen molar-refractivity contribution >= 4 is 11.5 Å². The number of nitrogens with zero attached hydrogens (tertiary/aromatic N) is 1. The molecular weight excluding hydrogens is 318 g/mol. The maximum Gasteiger partial charge on any atom is 0.222 e. The van der Waals surface area contributed by atoms with Crippen molar-refractivity contribution in [2.45, 2.75) is 46.0 Å². The molecule has 0 aliphatic rings. The lowest BCUT2D eigenvalue weighted by molar-refractivity contribution is -0.130. The second kappa shape index (κ2) is 11.3. The molecule has 0 saturated heterocycles. The summed E-state index contributed by atoms with van der Waals surface area (Å²) in [5.41, 5.74) is 3.82. The predicted octanol–water partition coefficient (Wildman–Crippen LogP) is 5.94. The summed E-state index contributed by atoms with van der Waals surface area (Å²) in [5, 5.41) is 0. The van der Waals surface area contributed by atoms with Gasteiger partial charge in [-0.15, -0.1) is 0 Å². The highest BCUT2D eigenvalue weighted by Crippen LogP contribution is 2.24. The van der Waals surface area contributed by atoms with Crippen LogP contribution in [-0.4, -0.2) is 23.9 Å². The summed E-state index contributed by atoms with van der Waals surface area (Å²) in [5.74, 6) is 0.291. The zero-order valence-electron chi connectivity index (χ0n) is 16.2. The SMILES string of the molecule is CCN(CC)C(=O)CCCCCC=C(c1ccccc1)c1ccccc1. The molecule has 1 amide bonds. The zero-order valence-corrected chi connectivity index (χ0v) is 16.2. The molecule has 0 fully saturated rings. The quantitative estimate of drug-likeness (QED) is 0.486. The van der Waals surface area contributed by atoms with Crippen molar-refractivity contribution in [1.82, 2.24) is 4.90 Å². The number of carbonyl (C=O) groups excluding carboxylic acids is 1. The summed E-state index contributed by atoms with van der Waals surface area (Å²) < 4.78 is 0. The average Bonchev–Trinajstić information content (AvgIpc) is 2.69. The van der Waals surface area contributed by atoms with Gasteiger partial charge in [-0.3, -0.25) is 4.79 Å². The molecule has 26 heavy (non-hydrogen) atoms. The van der Waals surface area contributed by atoms with Crippen molar-refractivity contribution in [2.24, 2.45) is 0 Å². The third-order valence-electron chi connectivity index (χ3n) is 4.73. The predicted molar refractivity (Wildman–Crippen MR) is 111 cm³/mol. The summed E-state index contributed by atoms with van der Waals surface area (Å²) in [7, 11) is 0. The Morgan fingerprint density at radius 1 is 0.808 bits per heavy atom. The van der Waals surface area contributed by atoms with Crippen LogP contribution in [0.15, 0.2) is 66.7 Å². The van der Waals surface area contributed by atoms with E-state index in [1.807, 2.05) is 18.7 Å². The summed E-state index contributed by atoms with van der Waals surface area (Å²) >= 11 is 0. The van der Waals surface area contributed by atoms with Gasteiger partial charge in [-0.25, -0.2) is 0 Å². The molecule has 2 aromatic carbocycles. The van der Waals surface area contributed by atoms with Gasteiger partial charge >= 0.3 is 0 Å². The molecule has 2 heteroatoms. The van der Waals surface area contributed by atoms with Crippen molar-refractivity contribution in [1.29, 1.82) is 0 Å². The molecule has 2 nitrogen and oxygen atoms in total. The summed E-state index contributed by atoms with van der Waals surface area (Å²) in [6, 6.07) is 21.1. The van der Waals surface area contributed by atoms with Gasteiger partial charge in [-0.2, -0.15) is 0 Å². The van der Waals surface area contributed by atoms with E-state index in [2.05, 4.69) is 66.7 Å². The van der Waals surface area contributed by atoms with Crippen LogP contribution in [0, 0.1) is 0 Å². The van der Waals surface area contributed by atoms with Crippen LogP contribution in [0.4, 0.5) is 0 Å². The minimum absolute atomic E-state index is 0.291. The summed E-state index contributed by atoms with van der Waals surface area (Å²) in [6.45, 7) is 5.72. The Hall–Kier alpha value is -2.35. The van der Waals surface area contributed by atoms with Gasteiger partial charge in [0, 0.05) is 19.5 Å². The lowest BCUT2D eigenvalue weighted by atomic mass is 9.96. The Bertz CT molecular complexity index is 630. The second-order valence-electron chi connectivity index (χ2n) is 6.52. The highest BCUT2D eigenvalue weighted by Gasteiger charge is 2.08. The molecule has 0 unspecified atom stereocenters. The molecule has 0 saturated carbocycles. The molecule has 0 radical (unpaired) electrons. The maximum atomic E-state index is 12.0. The van der Waals surface area contributed by atoms with Crippen LogP contribution in [0.25, 0.3) is 5.57 Å². The average molecular weight is 350 g/mol. The van der Waals surface area contributed by atoms with E-state index >= 15 is 0 Å². The van der Waals surface area contributed by atoms with Crippen molar-refractivity contribution in [3.8, 4) is 0 Å². The van der Waals surface area contributed by atoms with Crippen LogP contribution >= 0.6 is 0 Å². The molecule has 0 N–H and O–H groups in total. The van der Waals surface area contributed by atoms with E-state index < -0.39 is 0 Å². The highest BCUT2D eigenvalue weighted by atomic mass is 16.2. The third-order valence-corrected chi connectivity index (χ3v) is 4.73. The molecule has 0 heterocycles. The lowest BCUT2D eigenvalue weighted by Crippen LogP contribution is -2.30. The van der Waals surface area contributed by atoms with Gasteiger partial charge in [-0.1, -0.05) is 73.2 Å². The topological polar surface area (TPSA) is 20.3 Å². The Labute approximate surface area is 158 Å². The van der Waals surface area contributed by atoms with E-state index in [0.29, 0.717) is 12.3 Å². The van der Waals surface area contributed by atoms with Gasteiger partial charge in [-0.05, 0) is 49.8 Å². The molecular formula is C24H31NO. The van der Waals surface area contributed by atoms with Gasteiger partial charge in [0.15, 0.2) is 0 Å². The minimum Gasteiger partial charge on any atom is -0.343 e. The van der Waals surface area contributed by atoms with Gasteiger partial charge in [0.05, 0.1) is 0 Å². The number of carbonyl (C=O) groups is 1. The third kappa shape index (κ3) is 6.18. The molecule has 0 spiro atoms. The standard InChI is InChI=1S/C24H31NO/c1-3-25(4-2)24(26)20-14-6-5-13-19-23(21-15-9-7-10-16-21)22-17-11-8-12-18-22/h7-12,15-19H,3-6,13-14,20H2,1-2H3. The molecule has 2 aromatic rings. The number of unbranched alkanes of at least 4 members (excludes halogenated alkanes) is 3. The fourth-order valence-corrected chi connectivity index (χ4v) is 3.22. The lowest BCUT2D eigenvalue weighted by Gasteiger charge is -2.18. The number of amides is 1. The molecule has 0 aromatic heterocycles. The van der Waals surface area contributed by atoms with Crippen LogP contribution in [0.1, 0.15) is 57.1 Å². The van der Waals surface area contributed by atoms with Crippen LogP contribution in [0.3, 0.4) is 0 Å². The molecule has 0 aliphatic heterocycles. The van der Waals surface area contributed by atoms with Crippen molar-refractivity contribution in [3.05, 3.63) is 77.9 Å². The molecule has 2 rings (SSSR count). The highest BCUT2D eigenvalue weighted by molar-refractivity contribution is 5.79. The van der Waals surface area contributed by atoms with Gasteiger partial charge < -0.3 is 4.90 Å². The normalized spacial score (nSPS) is 10.4. The van der Waals surface area contributed by atoms with E-state index in [1.54, 1.807) is 0 Å². The van der Waals surface area contributed by atoms with Gasteiger partial charge in [0.25, 0.3) is 0 Å². The first-order chi connectivity index (χ1) is 12.8. The van der Waals surface area contributed by atoms with Crippen LogP contribution in [0.2, 0.25) is 0 Å². The Morgan fingerprint density at radius 2 is 1.35 bits per heavy atom. The summed E-state index contributed by atoms with van der Waals surface area (Å²) in [6.07, 6.45) is 7.26. The number of allylic oxidation sites excluding steroid dienone is 1. The largest absolute Gasteiger partial charge is 0.343 e. The number of hydrogen-bond donors (Lipinski definition) is 0. The minimum atomic E-state index is 0.291. The maximum absolute atomic E-state index is 12.0. The smallest absolute Gasteiger partial charge is 0.222 e. The summed E-state index contributed by atoms with van der Waals surface area (Å²) in [4.78, 5) is 13.9. The van der Waals surface area contributed by atoms with Crippen molar-refractivity contribution < 1.29 is 4.79 Å². The number of rotatable bonds is 10. The van der Waals surface area contributed by atoms with E-state index in [1.165, 1.54) is 16.7 Å². The second-order valence-corrected chi connectivity index (χ2v) is 6.52. The number of benzene rings is 2. The van der Waals surface area contributed by atoms with Crippen LogP contribution < -0.4 is 0 Å². The molecule has 0 aliphatic carbocycles. The first-order valence-electron chi connectivity index (χ1n) is 9.85. The van der Waals surface area contributed by atoms with Gasteiger partial charge in [0.2, 0.25) is 5.91 Å². The van der Waals surface area contributed by atoms with Crippen LogP contribution in [0.5, 0.6) is 0 Å².